The van der Waals surface area contributed by atoms with Crippen LogP contribution in [-0.4, -0.2) is 54.4 Å². The number of aliphatic carboxylic acids is 1. The van der Waals surface area contributed by atoms with Crippen LogP contribution in [0.5, 0.6) is 5.75 Å². The highest BCUT2D eigenvalue weighted by Crippen LogP contribution is 2.35. The predicted molar refractivity (Wildman–Crippen MR) is 79.8 cm³/mol. The van der Waals surface area contributed by atoms with Crippen LogP contribution in [0.1, 0.15) is 12.0 Å². The highest BCUT2D eigenvalue weighted by Gasteiger charge is 2.38. The number of alkyl halides is 6. The fourth-order valence-corrected chi connectivity index (χ4v) is 1.97. The second-order valence-electron chi connectivity index (χ2n) is 5.31. The van der Waals surface area contributed by atoms with E-state index < -0.39 is 23.9 Å². The monoisotopic (exact) mass is 402 g/mol. The van der Waals surface area contributed by atoms with Gasteiger partial charge < -0.3 is 15.2 Å². The first-order valence-electron chi connectivity index (χ1n) is 7.49. The molecule has 0 aliphatic carbocycles. The fraction of sp³-hybridized carbons (Fsp3) is 0.467. The molecule has 27 heavy (non-hydrogen) atoms. The lowest BCUT2D eigenvalue weighted by atomic mass is 10.2. The molecule has 6 nitrogen and oxygen atoms in total. The summed E-state index contributed by atoms with van der Waals surface area (Å²) in [4.78, 5) is 21.7. The first-order valence-corrected chi connectivity index (χ1v) is 7.49. The van der Waals surface area contributed by atoms with Crippen molar-refractivity contribution in [2.24, 2.45) is 0 Å². The Hall–Kier alpha value is -2.50. The number of ether oxygens (including phenoxy) is 1. The summed E-state index contributed by atoms with van der Waals surface area (Å²) in [5.41, 5.74) is -0.766. The summed E-state index contributed by atoms with van der Waals surface area (Å²) in [7, 11) is 0. The van der Waals surface area contributed by atoms with Crippen molar-refractivity contribution in [2.45, 2.75) is 18.8 Å². The zero-order valence-corrected chi connectivity index (χ0v) is 13.7. The van der Waals surface area contributed by atoms with Gasteiger partial charge in [-0.1, -0.05) is 12.1 Å². The predicted octanol–water partition coefficient (Wildman–Crippen LogP) is 2.50. The minimum Gasteiger partial charge on any atom is -0.493 e. The van der Waals surface area contributed by atoms with Gasteiger partial charge in [0.2, 0.25) is 5.91 Å². The minimum atomic E-state index is -5.08. The van der Waals surface area contributed by atoms with Gasteiger partial charge in [0.05, 0.1) is 25.4 Å². The number of hydrogen-bond acceptors (Lipinski definition) is 4. The van der Waals surface area contributed by atoms with Crippen molar-refractivity contribution >= 4 is 11.9 Å². The third-order valence-corrected chi connectivity index (χ3v) is 3.18. The minimum absolute atomic E-state index is 0.0339. The van der Waals surface area contributed by atoms with Gasteiger partial charge in [-0.15, -0.1) is 0 Å². The van der Waals surface area contributed by atoms with Crippen LogP contribution in [0.2, 0.25) is 0 Å². The van der Waals surface area contributed by atoms with E-state index >= 15 is 0 Å². The van der Waals surface area contributed by atoms with Crippen LogP contribution in [0.4, 0.5) is 26.3 Å². The maximum Gasteiger partial charge on any atom is 0.490 e. The van der Waals surface area contributed by atoms with Crippen LogP contribution < -0.4 is 10.1 Å². The quantitative estimate of drug-likeness (QED) is 0.585. The van der Waals surface area contributed by atoms with E-state index in [0.717, 1.165) is 6.07 Å². The highest BCUT2D eigenvalue weighted by molar-refractivity contribution is 5.79. The largest absolute Gasteiger partial charge is 0.493 e. The van der Waals surface area contributed by atoms with E-state index in [1.165, 1.54) is 18.2 Å². The van der Waals surface area contributed by atoms with Crippen molar-refractivity contribution in [2.75, 3.05) is 26.4 Å². The first kappa shape index (κ1) is 22.5. The summed E-state index contributed by atoms with van der Waals surface area (Å²) in [6.45, 7) is 1.60. The number of carboxylic acids is 1. The van der Waals surface area contributed by atoms with Crippen LogP contribution in [0, 0.1) is 0 Å². The van der Waals surface area contributed by atoms with Crippen LogP contribution in [-0.2, 0) is 15.8 Å². The molecule has 1 heterocycles. The molecule has 1 amide bonds. The third kappa shape index (κ3) is 8.15. The molecule has 12 heteroatoms. The number of carbonyl (C=O) groups excluding carboxylic acids is 1. The Morgan fingerprint density at radius 1 is 1.19 bits per heavy atom. The fourth-order valence-electron chi connectivity index (χ4n) is 1.97. The summed E-state index contributed by atoms with van der Waals surface area (Å²) >= 11 is 0. The van der Waals surface area contributed by atoms with Crippen molar-refractivity contribution in [3.63, 3.8) is 0 Å². The normalized spacial score (nSPS) is 15.0. The number of para-hydroxylation sites is 1. The van der Waals surface area contributed by atoms with Gasteiger partial charge in [-0.25, -0.2) is 4.79 Å². The van der Waals surface area contributed by atoms with Crippen LogP contribution in [0.25, 0.3) is 0 Å². The van der Waals surface area contributed by atoms with Crippen LogP contribution >= 0.6 is 0 Å². The van der Waals surface area contributed by atoms with Gasteiger partial charge in [-0.05, 0) is 18.6 Å². The van der Waals surface area contributed by atoms with Crippen molar-refractivity contribution in [3.8, 4) is 5.75 Å². The lowest BCUT2D eigenvalue weighted by molar-refractivity contribution is -0.192. The van der Waals surface area contributed by atoms with E-state index in [4.69, 9.17) is 14.6 Å². The number of benzene rings is 1. The molecule has 152 valence electrons. The van der Waals surface area contributed by atoms with Gasteiger partial charge in [-0.3, -0.25) is 9.69 Å². The third-order valence-electron chi connectivity index (χ3n) is 3.18. The lowest BCUT2D eigenvalue weighted by Gasteiger charge is -2.15. The number of nitrogens with one attached hydrogen (secondary N) is 1. The maximum absolute atomic E-state index is 12.7. The number of nitrogens with zero attached hydrogens (tertiary/aromatic N) is 1. The van der Waals surface area contributed by atoms with Gasteiger partial charge in [0.25, 0.3) is 0 Å². The molecule has 1 fully saturated rings. The molecule has 1 aromatic carbocycles. The van der Waals surface area contributed by atoms with Gasteiger partial charge in [0.15, 0.2) is 0 Å². The summed E-state index contributed by atoms with van der Waals surface area (Å²) in [5.74, 6) is -2.95. The van der Waals surface area contributed by atoms with Gasteiger partial charge in [0, 0.05) is 6.54 Å². The van der Waals surface area contributed by atoms with Crippen LogP contribution in [0.3, 0.4) is 0 Å². The Bertz CT molecular complexity index is 648. The summed E-state index contributed by atoms with van der Waals surface area (Å²) in [6.07, 6.45) is -8.94. The van der Waals surface area contributed by atoms with E-state index in [0.29, 0.717) is 26.2 Å². The molecule has 1 aliphatic heterocycles. The Morgan fingerprint density at radius 2 is 1.78 bits per heavy atom. The maximum atomic E-state index is 12.7. The molecule has 2 rings (SSSR count). The van der Waals surface area contributed by atoms with Crippen LogP contribution in [0.15, 0.2) is 24.3 Å². The Morgan fingerprint density at radius 3 is 2.26 bits per heavy atom. The molecule has 0 bridgehead atoms. The number of carbonyl (C=O) groups is 2. The Labute approximate surface area is 149 Å². The second-order valence-corrected chi connectivity index (χ2v) is 5.31. The molecule has 1 aliphatic rings. The molecule has 0 aromatic heterocycles. The van der Waals surface area contributed by atoms with E-state index in [1.807, 2.05) is 4.90 Å². The van der Waals surface area contributed by atoms with Gasteiger partial charge in [-0.2, -0.15) is 26.3 Å². The highest BCUT2D eigenvalue weighted by atomic mass is 19.4. The molecule has 0 atom stereocenters. The SMILES string of the molecule is O=C(O)C(F)(F)F.O=C1CN(CCCOc2ccccc2C(F)(F)F)CN1. The zero-order chi connectivity index (χ0) is 20.7. The molecule has 0 radical (unpaired) electrons. The Kier molecular flexibility index (Phi) is 7.88. The number of carboxylic acid groups (broad SMARTS) is 1. The van der Waals surface area contributed by atoms with Crippen molar-refractivity contribution in [1.82, 2.24) is 10.2 Å². The van der Waals surface area contributed by atoms with Gasteiger partial charge in [0.1, 0.15) is 5.75 Å². The first-order chi connectivity index (χ1) is 12.4. The summed E-state index contributed by atoms with van der Waals surface area (Å²) < 4.78 is 75.1. The average molecular weight is 402 g/mol. The number of amides is 1. The van der Waals surface area contributed by atoms with Crippen molar-refractivity contribution in [1.29, 1.82) is 0 Å². The number of rotatable bonds is 5. The smallest absolute Gasteiger partial charge is 0.490 e. The lowest BCUT2D eigenvalue weighted by Crippen LogP contribution is -2.24. The Balaban J connectivity index is 0.000000445. The second kappa shape index (κ2) is 9.44. The number of hydrogen-bond donors (Lipinski definition) is 2. The van der Waals surface area contributed by atoms with E-state index in [9.17, 15) is 31.1 Å². The zero-order valence-electron chi connectivity index (χ0n) is 13.7. The van der Waals surface area contributed by atoms with E-state index in [-0.39, 0.29) is 18.3 Å². The summed E-state index contributed by atoms with van der Waals surface area (Å²) in [6, 6.07) is 5.15. The van der Waals surface area contributed by atoms with Gasteiger partial charge >= 0.3 is 18.3 Å². The summed E-state index contributed by atoms with van der Waals surface area (Å²) in [5, 5.41) is 9.78. The molecule has 0 unspecified atom stereocenters. The number of halogens is 6. The molecule has 1 aromatic rings. The molecule has 0 spiro atoms. The van der Waals surface area contributed by atoms with E-state index in [2.05, 4.69) is 5.32 Å². The standard InChI is InChI=1S/C13H15F3N2O2.C2HF3O2/c14-13(15,16)10-4-1-2-5-11(10)20-7-3-6-18-8-12(19)17-9-18;3-2(4,5)1(6)7/h1-2,4-5H,3,6-9H2,(H,17,19);(H,6,7). The average Bonchev–Trinajstić information content (AvgIpc) is 2.96. The molecular weight excluding hydrogens is 386 g/mol. The van der Waals surface area contributed by atoms with Crippen molar-refractivity contribution < 1.29 is 45.8 Å². The van der Waals surface area contributed by atoms with E-state index in [1.54, 1.807) is 0 Å². The molecule has 1 saturated heterocycles. The molecule has 2 N–H and O–H groups in total. The topological polar surface area (TPSA) is 78.9 Å². The van der Waals surface area contributed by atoms with Crippen molar-refractivity contribution in [3.05, 3.63) is 29.8 Å². The molecular formula is C15H16F6N2O4. The molecule has 0 saturated carbocycles.